The van der Waals surface area contributed by atoms with Gasteiger partial charge in [0.1, 0.15) is 6.04 Å². The van der Waals surface area contributed by atoms with E-state index in [1.807, 2.05) is 43.4 Å². The molecule has 1 atom stereocenters. The maximum absolute atomic E-state index is 13.7. The Morgan fingerprint density at radius 2 is 1.66 bits per heavy atom. The lowest BCUT2D eigenvalue weighted by Crippen LogP contribution is -2.59. The summed E-state index contributed by atoms with van der Waals surface area (Å²) in [6, 6.07) is 19.6. The predicted octanol–water partition coefficient (Wildman–Crippen LogP) is 3.67. The minimum Gasteiger partial charge on any atom is -0.464 e. The molecule has 0 aromatic heterocycles. The van der Waals surface area contributed by atoms with Crippen LogP contribution in [0.2, 0.25) is 0 Å². The smallest absolute Gasteiger partial charge is 0.330 e. The highest BCUT2D eigenvalue weighted by Gasteiger charge is 2.37. The summed E-state index contributed by atoms with van der Waals surface area (Å²) in [7, 11) is 2.04. The van der Waals surface area contributed by atoms with E-state index in [1.165, 1.54) is 5.57 Å². The average Bonchev–Trinajstić information content (AvgIpc) is 2.89. The Morgan fingerprint density at radius 1 is 1.00 bits per heavy atom. The van der Waals surface area contributed by atoms with Crippen molar-refractivity contribution in [2.24, 2.45) is 0 Å². The molecule has 0 saturated carbocycles. The number of benzene rings is 2. The zero-order chi connectivity index (χ0) is 24.6. The molecule has 0 radical (unpaired) electrons. The van der Waals surface area contributed by atoms with E-state index in [4.69, 9.17) is 4.74 Å². The summed E-state index contributed by atoms with van der Waals surface area (Å²) in [4.78, 5) is 32.7. The average molecular weight is 474 g/mol. The van der Waals surface area contributed by atoms with Crippen LogP contribution in [0, 0.1) is 0 Å². The van der Waals surface area contributed by atoms with Gasteiger partial charge >= 0.3 is 5.97 Å². The number of likely N-dealkylation sites (N-methyl/N-ethyl adjacent to an activating group) is 1. The fourth-order valence-electron chi connectivity index (χ4n) is 4.80. The molecule has 184 valence electrons. The van der Waals surface area contributed by atoms with Gasteiger partial charge in [-0.1, -0.05) is 66.7 Å². The highest BCUT2D eigenvalue weighted by Crippen LogP contribution is 2.29. The second-order valence-electron chi connectivity index (χ2n) is 9.20. The summed E-state index contributed by atoms with van der Waals surface area (Å²) >= 11 is 0. The van der Waals surface area contributed by atoms with Crippen LogP contribution in [-0.4, -0.2) is 79.0 Å². The van der Waals surface area contributed by atoms with E-state index in [9.17, 15) is 9.59 Å². The van der Waals surface area contributed by atoms with Crippen LogP contribution >= 0.6 is 0 Å². The van der Waals surface area contributed by atoms with Crippen LogP contribution in [0.3, 0.4) is 0 Å². The molecule has 35 heavy (non-hydrogen) atoms. The van der Waals surface area contributed by atoms with E-state index in [-0.39, 0.29) is 17.8 Å². The number of nitrogens with zero attached hydrogens (tertiary/aromatic N) is 3. The number of hydrogen-bond acceptors (Lipinski definition) is 5. The van der Waals surface area contributed by atoms with Gasteiger partial charge in [0, 0.05) is 52.1 Å². The molecule has 1 fully saturated rings. The van der Waals surface area contributed by atoms with Crippen LogP contribution in [0.25, 0.3) is 0 Å². The molecule has 4 rings (SSSR count). The molecule has 2 aliphatic heterocycles. The molecule has 2 aromatic carbocycles. The number of piperazine rings is 1. The van der Waals surface area contributed by atoms with Crippen molar-refractivity contribution in [1.29, 1.82) is 0 Å². The molecule has 0 aliphatic carbocycles. The zero-order valence-corrected chi connectivity index (χ0v) is 20.7. The van der Waals surface area contributed by atoms with E-state index in [0.29, 0.717) is 26.1 Å². The van der Waals surface area contributed by atoms with Gasteiger partial charge in [0.2, 0.25) is 5.91 Å². The predicted molar refractivity (Wildman–Crippen MR) is 138 cm³/mol. The lowest BCUT2D eigenvalue weighted by molar-refractivity contribution is -0.158. The molecular weight excluding hydrogens is 438 g/mol. The highest BCUT2D eigenvalue weighted by atomic mass is 16.5. The molecule has 1 saturated heterocycles. The highest BCUT2D eigenvalue weighted by molar-refractivity contribution is 5.85. The second-order valence-corrected chi connectivity index (χ2v) is 9.20. The molecule has 0 bridgehead atoms. The molecule has 6 nitrogen and oxygen atoms in total. The topological polar surface area (TPSA) is 53.1 Å². The zero-order valence-electron chi connectivity index (χ0n) is 20.7. The minimum absolute atomic E-state index is 0.0150. The van der Waals surface area contributed by atoms with Gasteiger partial charge in [0.05, 0.1) is 6.61 Å². The normalized spacial score (nSPS) is 18.5. The number of carbonyl (C=O) groups is 2. The minimum atomic E-state index is -0.598. The van der Waals surface area contributed by atoms with E-state index in [1.54, 1.807) is 11.8 Å². The van der Waals surface area contributed by atoms with Crippen molar-refractivity contribution in [2.45, 2.75) is 25.3 Å². The maximum Gasteiger partial charge on any atom is 0.330 e. The summed E-state index contributed by atoms with van der Waals surface area (Å²) in [6.45, 7) is 5.46. The van der Waals surface area contributed by atoms with E-state index >= 15 is 0 Å². The number of rotatable bonds is 8. The van der Waals surface area contributed by atoms with Gasteiger partial charge < -0.3 is 14.5 Å². The molecule has 2 aromatic rings. The van der Waals surface area contributed by atoms with Gasteiger partial charge in [0.25, 0.3) is 0 Å². The van der Waals surface area contributed by atoms with Crippen molar-refractivity contribution in [3.05, 3.63) is 95.7 Å². The number of esters is 1. The number of amides is 1. The molecule has 1 unspecified atom stereocenters. The Morgan fingerprint density at radius 3 is 2.23 bits per heavy atom. The van der Waals surface area contributed by atoms with Gasteiger partial charge in [-0.05, 0) is 35.9 Å². The second kappa shape index (κ2) is 11.8. The summed E-state index contributed by atoms with van der Waals surface area (Å²) in [5, 5.41) is 0. The van der Waals surface area contributed by atoms with Crippen molar-refractivity contribution in [2.75, 3.05) is 46.4 Å². The third-order valence-electron chi connectivity index (χ3n) is 6.72. The molecular formula is C29H35N3O3. The van der Waals surface area contributed by atoms with Crippen molar-refractivity contribution in [3.63, 3.8) is 0 Å². The lowest BCUT2D eigenvalue weighted by Gasteiger charge is -2.41. The maximum atomic E-state index is 13.7. The van der Waals surface area contributed by atoms with Crippen molar-refractivity contribution in [3.8, 4) is 0 Å². The number of hydrogen-bond donors (Lipinski definition) is 0. The van der Waals surface area contributed by atoms with Crippen LogP contribution in [0.15, 0.2) is 84.6 Å². The van der Waals surface area contributed by atoms with Crippen LogP contribution in [0.4, 0.5) is 0 Å². The Labute approximate surface area is 208 Å². The van der Waals surface area contributed by atoms with E-state index in [2.05, 4.69) is 52.4 Å². The lowest BCUT2D eigenvalue weighted by atomic mass is 9.88. The Kier molecular flexibility index (Phi) is 8.37. The molecule has 1 amide bonds. The molecule has 6 heteroatoms. The van der Waals surface area contributed by atoms with E-state index < -0.39 is 6.04 Å². The molecule has 2 aliphatic rings. The molecule has 0 spiro atoms. The first-order valence-corrected chi connectivity index (χ1v) is 12.4. The standard InChI is InChI=1S/C29H35N3O3/c1-3-35-29(34)27-22-31(21-23-14-16-30(2)17-15-23)18-19-32(27)28(33)20-26(24-10-6-4-7-11-24)25-12-8-5-9-13-25/h4-16,26-27H,3,17-22H2,1-2H3. The van der Waals surface area contributed by atoms with Gasteiger partial charge in [-0.3, -0.25) is 9.69 Å². The Bertz CT molecular complexity index is 1010. The van der Waals surface area contributed by atoms with Crippen molar-refractivity contribution < 1.29 is 14.3 Å². The summed E-state index contributed by atoms with van der Waals surface area (Å²) in [5.74, 6) is -0.409. The Hall–Kier alpha value is -3.38. The summed E-state index contributed by atoms with van der Waals surface area (Å²) < 4.78 is 5.39. The van der Waals surface area contributed by atoms with Gasteiger partial charge in [-0.15, -0.1) is 0 Å². The Balaban J connectivity index is 1.50. The SMILES string of the molecule is CCOC(=O)C1CN(CC2=CCN(C)C=C2)CCN1C(=O)CC(c1ccccc1)c1ccccc1. The van der Waals surface area contributed by atoms with Crippen LogP contribution in [0.1, 0.15) is 30.4 Å². The first-order valence-electron chi connectivity index (χ1n) is 12.4. The fraction of sp³-hybridized carbons (Fsp3) is 0.379. The van der Waals surface area contributed by atoms with Crippen LogP contribution < -0.4 is 0 Å². The molecule has 0 N–H and O–H groups in total. The monoisotopic (exact) mass is 473 g/mol. The first kappa shape index (κ1) is 24.7. The largest absolute Gasteiger partial charge is 0.464 e. The quantitative estimate of drug-likeness (QED) is 0.548. The van der Waals surface area contributed by atoms with Gasteiger partial charge in [-0.25, -0.2) is 4.79 Å². The summed E-state index contributed by atoms with van der Waals surface area (Å²) in [5.41, 5.74) is 3.43. The number of carbonyl (C=O) groups excluding carboxylic acids is 2. The van der Waals surface area contributed by atoms with Gasteiger partial charge in [0.15, 0.2) is 0 Å². The number of ether oxygens (including phenoxy) is 1. The van der Waals surface area contributed by atoms with Crippen molar-refractivity contribution in [1.82, 2.24) is 14.7 Å². The van der Waals surface area contributed by atoms with Crippen LogP contribution in [0.5, 0.6) is 0 Å². The van der Waals surface area contributed by atoms with E-state index in [0.717, 1.165) is 30.8 Å². The first-order chi connectivity index (χ1) is 17.0. The molecule has 2 heterocycles. The third-order valence-corrected chi connectivity index (χ3v) is 6.72. The van der Waals surface area contributed by atoms with Gasteiger partial charge in [-0.2, -0.15) is 0 Å². The third kappa shape index (κ3) is 6.40. The van der Waals surface area contributed by atoms with Crippen molar-refractivity contribution >= 4 is 11.9 Å². The summed E-state index contributed by atoms with van der Waals surface area (Å²) in [6.07, 6.45) is 6.71. The van der Waals surface area contributed by atoms with Crippen LogP contribution in [-0.2, 0) is 14.3 Å². The fourth-order valence-corrected chi connectivity index (χ4v) is 4.80.